The van der Waals surface area contributed by atoms with E-state index in [4.69, 9.17) is 14.2 Å². The average Bonchev–Trinajstić information content (AvgIpc) is 2.83. The number of carbonyl (C=O) groups excluding carboxylic acids is 2. The van der Waals surface area contributed by atoms with Crippen LogP contribution in [0.5, 0.6) is 11.5 Å². The van der Waals surface area contributed by atoms with Gasteiger partial charge in [0.25, 0.3) is 11.5 Å². The number of halogens is 1. The fraction of sp³-hybridized carbons (Fsp3) is 0.250. The van der Waals surface area contributed by atoms with Crippen molar-refractivity contribution in [1.29, 1.82) is 0 Å². The Bertz CT molecular complexity index is 1230. The van der Waals surface area contributed by atoms with Crippen molar-refractivity contribution >= 4 is 27.8 Å². The third-order valence-electron chi connectivity index (χ3n) is 4.69. The van der Waals surface area contributed by atoms with E-state index in [1.54, 1.807) is 38.3 Å². The third-order valence-corrected chi connectivity index (χ3v) is 5.18. The largest absolute Gasteiger partial charge is 0.496 e. The molecule has 9 nitrogen and oxygen atoms in total. The molecule has 1 heterocycles. The number of para-hydroxylation sites is 1. The van der Waals surface area contributed by atoms with Gasteiger partial charge in [-0.2, -0.15) is 9.78 Å². The molecule has 0 aliphatic carbocycles. The standard InChI is InChI=1S/C24H24BrN3O6/c1-3-33-24(31)23-20(14-22(30)28(27-23)18-9-6-8-17(25)13-18)34-15-21(29)26-12-11-16-7-4-5-10-19(16)32-2/h4-10,13-14H,3,11-12,15H2,1-2H3,(H,26,29). The maximum Gasteiger partial charge on any atom is 0.362 e. The topological polar surface area (TPSA) is 109 Å². The number of methoxy groups -OCH3 is 1. The number of nitrogens with zero attached hydrogens (tertiary/aromatic N) is 2. The summed E-state index contributed by atoms with van der Waals surface area (Å²) in [6.07, 6.45) is 0.564. The number of aromatic nitrogens is 2. The molecular formula is C24H24BrN3O6. The van der Waals surface area contributed by atoms with Crippen molar-refractivity contribution in [3.8, 4) is 17.2 Å². The highest BCUT2D eigenvalue weighted by Crippen LogP contribution is 2.19. The Hall–Kier alpha value is -3.66. The average molecular weight is 530 g/mol. The molecule has 0 radical (unpaired) electrons. The molecule has 1 aromatic heterocycles. The van der Waals surface area contributed by atoms with Crippen molar-refractivity contribution < 1.29 is 23.8 Å². The Labute approximate surface area is 204 Å². The number of carbonyl (C=O) groups is 2. The molecule has 178 valence electrons. The van der Waals surface area contributed by atoms with E-state index in [1.165, 1.54) is 0 Å². The molecule has 0 saturated carbocycles. The Balaban J connectivity index is 1.71. The third kappa shape index (κ3) is 6.44. The van der Waals surface area contributed by atoms with Crippen molar-refractivity contribution in [2.75, 3.05) is 26.9 Å². The van der Waals surface area contributed by atoms with Crippen molar-refractivity contribution in [2.45, 2.75) is 13.3 Å². The number of nitrogens with one attached hydrogen (secondary N) is 1. The van der Waals surface area contributed by atoms with E-state index in [1.807, 2.05) is 24.3 Å². The number of ether oxygens (including phenoxy) is 3. The van der Waals surface area contributed by atoms with Crippen LogP contribution in [0.25, 0.3) is 5.69 Å². The Morgan fingerprint density at radius 1 is 1.09 bits per heavy atom. The molecule has 1 amide bonds. The number of hydrogen-bond donors (Lipinski definition) is 1. The minimum absolute atomic E-state index is 0.111. The molecular weight excluding hydrogens is 506 g/mol. The number of rotatable bonds is 10. The zero-order chi connectivity index (χ0) is 24.5. The van der Waals surface area contributed by atoms with E-state index in [2.05, 4.69) is 26.3 Å². The molecule has 0 aliphatic rings. The first-order valence-electron chi connectivity index (χ1n) is 10.5. The predicted octanol–water partition coefficient (Wildman–Crippen LogP) is 2.92. The van der Waals surface area contributed by atoms with Gasteiger partial charge < -0.3 is 19.5 Å². The fourth-order valence-corrected chi connectivity index (χ4v) is 3.51. The monoisotopic (exact) mass is 529 g/mol. The van der Waals surface area contributed by atoms with E-state index in [-0.39, 0.29) is 18.1 Å². The van der Waals surface area contributed by atoms with Gasteiger partial charge in [-0.05, 0) is 43.2 Å². The van der Waals surface area contributed by atoms with Crippen LogP contribution in [0, 0.1) is 0 Å². The molecule has 0 spiro atoms. The molecule has 10 heteroatoms. The highest BCUT2D eigenvalue weighted by Gasteiger charge is 2.20. The first-order valence-corrected chi connectivity index (χ1v) is 11.3. The van der Waals surface area contributed by atoms with Gasteiger partial charge in [0.1, 0.15) is 5.75 Å². The first kappa shape index (κ1) is 25.0. The zero-order valence-corrected chi connectivity index (χ0v) is 20.3. The van der Waals surface area contributed by atoms with Crippen LogP contribution in [0.1, 0.15) is 23.0 Å². The lowest BCUT2D eigenvalue weighted by Crippen LogP contribution is -2.32. The minimum Gasteiger partial charge on any atom is -0.496 e. The summed E-state index contributed by atoms with van der Waals surface area (Å²) >= 11 is 3.34. The van der Waals surface area contributed by atoms with Crippen LogP contribution in [0.2, 0.25) is 0 Å². The number of esters is 1. The molecule has 0 saturated heterocycles. The first-order chi connectivity index (χ1) is 16.4. The molecule has 3 aromatic rings. The summed E-state index contributed by atoms with van der Waals surface area (Å²) in [5.41, 5.74) is 0.669. The van der Waals surface area contributed by atoms with Crippen molar-refractivity contribution in [3.05, 3.63) is 80.7 Å². The van der Waals surface area contributed by atoms with Crippen LogP contribution in [-0.2, 0) is 16.0 Å². The van der Waals surface area contributed by atoms with Crippen LogP contribution in [-0.4, -0.2) is 48.5 Å². The van der Waals surface area contributed by atoms with E-state index in [0.29, 0.717) is 18.7 Å². The molecule has 0 unspecified atom stereocenters. The maximum atomic E-state index is 12.7. The van der Waals surface area contributed by atoms with Crippen molar-refractivity contribution in [3.63, 3.8) is 0 Å². The van der Waals surface area contributed by atoms with Crippen molar-refractivity contribution in [2.24, 2.45) is 0 Å². The Kier molecular flexibility index (Phi) is 8.80. The maximum absolute atomic E-state index is 12.7. The fourth-order valence-electron chi connectivity index (χ4n) is 3.12. The molecule has 1 N–H and O–H groups in total. The SMILES string of the molecule is CCOC(=O)c1nn(-c2cccc(Br)c2)c(=O)cc1OCC(=O)NCCc1ccccc1OC. The van der Waals surface area contributed by atoms with Gasteiger partial charge in [0.05, 0.1) is 25.5 Å². The normalized spacial score (nSPS) is 10.4. The van der Waals surface area contributed by atoms with Crippen LogP contribution in [0.4, 0.5) is 0 Å². The van der Waals surface area contributed by atoms with Gasteiger partial charge in [0.15, 0.2) is 12.4 Å². The quantitative estimate of drug-likeness (QED) is 0.402. The van der Waals surface area contributed by atoms with Gasteiger partial charge in [0.2, 0.25) is 5.69 Å². The van der Waals surface area contributed by atoms with Gasteiger partial charge in [-0.25, -0.2) is 4.79 Å². The summed E-state index contributed by atoms with van der Waals surface area (Å²) in [7, 11) is 1.59. The second-order valence-electron chi connectivity index (χ2n) is 7.01. The number of benzene rings is 2. The lowest BCUT2D eigenvalue weighted by molar-refractivity contribution is -0.123. The van der Waals surface area contributed by atoms with Crippen molar-refractivity contribution in [1.82, 2.24) is 15.1 Å². The summed E-state index contributed by atoms with van der Waals surface area (Å²) in [4.78, 5) is 37.4. The Morgan fingerprint density at radius 2 is 1.88 bits per heavy atom. The van der Waals surface area contributed by atoms with Crippen LogP contribution >= 0.6 is 15.9 Å². The summed E-state index contributed by atoms with van der Waals surface area (Å²) in [6.45, 7) is 1.72. The zero-order valence-electron chi connectivity index (χ0n) is 18.7. The lowest BCUT2D eigenvalue weighted by Gasteiger charge is -2.13. The van der Waals surface area contributed by atoms with Crippen LogP contribution in [0.15, 0.2) is 63.9 Å². The van der Waals surface area contributed by atoms with Gasteiger partial charge in [-0.1, -0.05) is 40.2 Å². The number of amides is 1. The van der Waals surface area contributed by atoms with E-state index < -0.39 is 24.0 Å². The van der Waals surface area contributed by atoms with Gasteiger partial charge in [0, 0.05) is 11.0 Å². The smallest absolute Gasteiger partial charge is 0.362 e. The van der Waals surface area contributed by atoms with Crippen LogP contribution < -0.4 is 20.3 Å². The van der Waals surface area contributed by atoms with Crippen LogP contribution in [0.3, 0.4) is 0 Å². The lowest BCUT2D eigenvalue weighted by atomic mass is 10.1. The molecule has 0 aliphatic heterocycles. The van der Waals surface area contributed by atoms with Gasteiger partial charge >= 0.3 is 5.97 Å². The van der Waals surface area contributed by atoms with Gasteiger partial charge in [-0.15, -0.1) is 0 Å². The molecule has 2 aromatic carbocycles. The highest BCUT2D eigenvalue weighted by molar-refractivity contribution is 9.10. The number of hydrogen-bond acceptors (Lipinski definition) is 7. The minimum atomic E-state index is -0.766. The summed E-state index contributed by atoms with van der Waals surface area (Å²) in [6, 6.07) is 15.5. The molecule has 3 rings (SSSR count). The molecule has 0 fully saturated rings. The Morgan fingerprint density at radius 3 is 2.62 bits per heavy atom. The van der Waals surface area contributed by atoms with Gasteiger partial charge in [-0.3, -0.25) is 9.59 Å². The van der Waals surface area contributed by atoms with E-state index in [0.717, 1.165) is 26.5 Å². The van der Waals surface area contributed by atoms with E-state index >= 15 is 0 Å². The molecule has 0 atom stereocenters. The second-order valence-corrected chi connectivity index (χ2v) is 7.92. The summed E-state index contributed by atoms with van der Waals surface area (Å²) < 4.78 is 17.6. The highest BCUT2D eigenvalue weighted by atomic mass is 79.9. The molecule has 34 heavy (non-hydrogen) atoms. The molecule has 0 bridgehead atoms. The van der Waals surface area contributed by atoms with E-state index in [9.17, 15) is 14.4 Å². The second kappa shape index (κ2) is 12.0. The summed E-state index contributed by atoms with van der Waals surface area (Å²) in [5.74, 6) is -0.572. The summed E-state index contributed by atoms with van der Waals surface area (Å²) in [5, 5.41) is 6.88. The predicted molar refractivity (Wildman–Crippen MR) is 129 cm³/mol.